The Bertz CT molecular complexity index is 938. The van der Waals surface area contributed by atoms with E-state index in [-0.39, 0.29) is 11.9 Å². The second kappa shape index (κ2) is 6.44. The van der Waals surface area contributed by atoms with Crippen molar-refractivity contribution < 1.29 is 4.79 Å². The fraction of sp³-hybridized carbons (Fsp3) is 0.444. The van der Waals surface area contributed by atoms with E-state index >= 15 is 0 Å². The molecule has 136 valence electrons. The van der Waals surface area contributed by atoms with Gasteiger partial charge in [0.15, 0.2) is 5.82 Å². The molecule has 0 aliphatic carbocycles. The zero-order valence-electron chi connectivity index (χ0n) is 15.3. The number of aryl methyl sites for hydroxylation is 3. The average Bonchev–Trinajstić information content (AvgIpc) is 3.16. The van der Waals surface area contributed by atoms with E-state index in [0.29, 0.717) is 5.69 Å². The first-order chi connectivity index (χ1) is 12.5. The largest absolute Gasteiger partial charge is 0.353 e. The summed E-state index contributed by atoms with van der Waals surface area (Å²) in [5, 5.41) is 11.8. The van der Waals surface area contributed by atoms with Crippen molar-refractivity contribution in [2.24, 2.45) is 7.05 Å². The predicted molar refractivity (Wildman–Crippen MR) is 98.4 cm³/mol. The first-order valence-corrected chi connectivity index (χ1v) is 8.89. The molecule has 0 radical (unpaired) electrons. The Labute approximate surface area is 151 Å². The number of nitrogens with one attached hydrogen (secondary N) is 1. The van der Waals surface area contributed by atoms with Gasteiger partial charge in [-0.1, -0.05) is 0 Å². The van der Waals surface area contributed by atoms with Gasteiger partial charge in [0.05, 0.1) is 5.69 Å². The number of anilines is 1. The smallest absolute Gasteiger partial charge is 0.272 e. The van der Waals surface area contributed by atoms with Crippen molar-refractivity contribution in [3.05, 3.63) is 41.6 Å². The highest BCUT2D eigenvalue weighted by Crippen LogP contribution is 2.23. The van der Waals surface area contributed by atoms with Gasteiger partial charge in [-0.25, -0.2) is 9.50 Å². The summed E-state index contributed by atoms with van der Waals surface area (Å²) in [6.07, 6.45) is 5.59. The first-order valence-electron chi connectivity index (χ1n) is 8.89. The van der Waals surface area contributed by atoms with Crippen molar-refractivity contribution in [2.75, 3.05) is 18.0 Å². The molecule has 1 atom stereocenters. The summed E-state index contributed by atoms with van der Waals surface area (Å²) in [6, 6.07) is 3.93. The molecule has 8 nitrogen and oxygen atoms in total. The number of rotatable bonds is 3. The minimum Gasteiger partial charge on any atom is -0.353 e. The number of hydrogen-bond acceptors (Lipinski definition) is 5. The van der Waals surface area contributed by atoms with Crippen LogP contribution in [-0.2, 0) is 7.05 Å². The van der Waals surface area contributed by atoms with Crippen LogP contribution in [0.4, 0.5) is 5.82 Å². The Kier molecular flexibility index (Phi) is 4.10. The molecule has 1 aliphatic heterocycles. The molecule has 4 heterocycles. The highest BCUT2D eigenvalue weighted by molar-refractivity contribution is 5.92. The molecule has 4 rings (SSSR count). The number of amides is 1. The minimum atomic E-state index is -0.119. The molecule has 8 heteroatoms. The molecule has 26 heavy (non-hydrogen) atoms. The summed E-state index contributed by atoms with van der Waals surface area (Å²) >= 11 is 0. The monoisotopic (exact) mass is 353 g/mol. The quantitative estimate of drug-likeness (QED) is 0.771. The van der Waals surface area contributed by atoms with Crippen LogP contribution in [0.15, 0.2) is 24.5 Å². The number of nitrogens with zero attached hydrogens (tertiary/aromatic N) is 6. The lowest BCUT2D eigenvalue weighted by Gasteiger charge is -2.34. The lowest BCUT2D eigenvalue weighted by atomic mass is 10.1. The summed E-state index contributed by atoms with van der Waals surface area (Å²) in [5.41, 5.74) is 3.39. The summed E-state index contributed by atoms with van der Waals surface area (Å²) in [7, 11) is 1.84. The molecule has 1 unspecified atom stereocenters. The predicted octanol–water partition coefficient (Wildman–Crippen LogP) is 1.48. The highest BCUT2D eigenvalue weighted by atomic mass is 16.2. The third-order valence-electron chi connectivity index (χ3n) is 4.89. The van der Waals surface area contributed by atoms with E-state index in [1.807, 2.05) is 43.7 Å². The lowest BCUT2D eigenvalue weighted by molar-refractivity contribution is 0.0927. The van der Waals surface area contributed by atoms with Crippen LogP contribution in [0.1, 0.15) is 34.7 Å². The van der Waals surface area contributed by atoms with Crippen molar-refractivity contribution in [3.63, 3.8) is 0 Å². The lowest BCUT2D eigenvalue weighted by Crippen LogP contribution is -2.48. The molecule has 0 saturated carbocycles. The fourth-order valence-electron chi connectivity index (χ4n) is 3.49. The molecule has 1 amide bonds. The van der Waals surface area contributed by atoms with Crippen LogP contribution < -0.4 is 10.2 Å². The van der Waals surface area contributed by atoms with Gasteiger partial charge in [0, 0.05) is 44.3 Å². The SMILES string of the molecule is Cc1cc2c(N3CCCC(NC(=O)c4cc(C)n(C)n4)C3)nccn2n1. The minimum absolute atomic E-state index is 0.0737. The fourth-order valence-corrected chi connectivity index (χ4v) is 3.49. The van der Waals surface area contributed by atoms with Gasteiger partial charge >= 0.3 is 0 Å². The molecule has 0 aromatic carbocycles. The van der Waals surface area contributed by atoms with Crippen molar-refractivity contribution >= 4 is 17.2 Å². The molecular weight excluding hydrogens is 330 g/mol. The highest BCUT2D eigenvalue weighted by Gasteiger charge is 2.25. The van der Waals surface area contributed by atoms with Crippen molar-refractivity contribution in [1.82, 2.24) is 29.7 Å². The van der Waals surface area contributed by atoms with E-state index in [1.165, 1.54) is 0 Å². The maximum atomic E-state index is 12.5. The van der Waals surface area contributed by atoms with Crippen molar-refractivity contribution in [1.29, 1.82) is 0 Å². The third-order valence-corrected chi connectivity index (χ3v) is 4.89. The van der Waals surface area contributed by atoms with Crippen LogP contribution in [0.25, 0.3) is 5.52 Å². The second-order valence-corrected chi connectivity index (χ2v) is 6.92. The summed E-state index contributed by atoms with van der Waals surface area (Å²) < 4.78 is 3.57. The van der Waals surface area contributed by atoms with Crippen LogP contribution >= 0.6 is 0 Å². The number of piperidine rings is 1. The Hall–Kier alpha value is -2.90. The van der Waals surface area contributed by atoms with E-state index < -0.39 is 0 Å². The van der Waals surface area contributed by atoms with Crippen LogP contribution in [0.2, 0.25) is 0 Å². The molecular formula is C18H23N7O. The zero-order chi connectivity index (χ0) is 18.3. The number of hydrogen-bond donors (Lipinski definition) is 1. The van der Waals surface area contributed by atoms with E-state index in [2.05, 4.69) is 25.4 Å². The van der Waals surface area contributed by atoms with Gasteiger partial charge in [-0.2, -0.15) is 10.2 Å². The molecule has 0 spiro atoms. The van der Waals surface area contributed by atoms with Gasteiger partial charge in [-0.3, -0.25) is 9.48 Å². The summed E-state index contributed by atoms with van der Waals surface area (Å²) in [4.78, 5) is 19.3. The summed E-state index contributed by atoms with van der Waals surface area (Å²) in [6.45, 7) is 5.57. The van der Waals surface area contributed by atoms with Crippen molar-refractivity contribution in [3.8, 4) is 0 Å². The normalized spacial score (nSPS) is 17.7. The van der Waals surface area contributed by atoms with Gasteiger partial charge in [0.2, 0.25) is 0 Å². The second-order valence-electron chi connectivity index (χ2n) is 6.92. The van der Waals surface area contributed by atoms with Gasteiger partial charge in [0.1, 0.15) is 11.2 Å². The van der Waals surface area contributed by atoms with Crippen molar-refractivity contribution in [2.45, 2.75) is 32.7 Å². The average molecular weight is 353 g/mol. The Morgan fingerprint density at radius 2 is 2.12 bits per heavy atom. The molecule has 1 saturated heterocycles. The van der Waals surface area contributed by atoms with Gasteiger partial charge in [-0.15, -0.1) is 0 Å². The van der Waals surface area contributed by atoms with Crippen LogP contribution in [-0.4, -0.2) is 49.4 Å². The van der Waals surface area contributed by atoms with E-state index in [1.54, 1.807) is 10.9 Å². The molecule has 3 aromatic heterocycles. The van der Waals surface area contributed by atoms with Gasteiger partial charge < -0.3 is 10.2 Å². The van der Waals surface area contributed by atoms with E-state index in [0.717, 1.165) is 48.7 Å². The number of fused-ring (bicyclic) bond motifs is 1. The zero-order valence-corrected chi connectivity index (χ0v) is 15.3. The molecule has 1 fully saturated rings. The Morgan fingerprint density at radius 1 is 1.27 bits per heavy atom. The first kappa shape index (κ1) is 16.6. The Morgan fingerprint density at radius 3 is 2.88 bits per heavy atom. The molecule has 3 aromatic rings. The molecule has 1 aliphatic rings. The Balaban J connectivity index is 1.51. The van der Waals surface area contributed by atoms with Gasteiger partial charge in [-0.05, 0) is 38.8 Å². The standard InChI is InChI=1S/C18H23N7O/c1-12-9-16-17(19-6-8-25(16)21-12)24-7-4-5-14(11-24)20-18(26)15-10-13(2)23(3)22-15/h6,8-10,14H,4-5,7,11H2,1-3H3,(H,20,26). The third kappa shape index (κ3) is 3.02. The molecule has 1 N–H and O–H groups in total. The van der Waals surface area contributed by atoms with E-state index in [9.17, 15) is 4.79 Å². The maximum Gasteiger partial charge on any atom is 0.272 e. The van der Waals surface area contributed by atoms with Crippen LogP contribution in [0.3, 0.4) is 0 Å². The van der Waals surface area contributed by atoms with Crippen LogP contribution in [0, 0.1) is 13.8 Å². The number of carbonyl (C=O) groups is 1. The van der Waals surface area contributed by atoms with Gasteiger partial charge in [0.25, 0.3) is 5.91 Å². The number of aromatic nitrogens is 5. The molecule has 0 bridgehead atoms. The van der Waals surface area contributed by atoms with Crippen LogP contribution in [0.5, 0.6) is 0 Å². The number of carbonyl (C=O) groups excluding carboxylic acids is 1. The maximum absolute atomic E-state index is 12.5. The summed E-state index contributed by atoms with van der Waals surface area (Å²) in [5.74, 6) is 0.799. The topological polar surface area (TPSA) is 80.4 Å². The van der Waals surface area contributed by atoms with E-state index in [4.69, 9.17) is 0 Å².